The van der Waals surface area contributed by atoms with E-state index in [1.807, 2.05) is 24.3 Å². The number of hydrogen-bond donors (Lipinski definition) is 1. The Kier molecular flexibility index (Phi) is 3.01. The second-order valence-electron chi connectivity index (χ2n) is 5.01. The number of fused-ring (bicyclic) bond motifs is 3. The van der Waals surface area contributed by atoms with Crippen molar-refractivity contribution >= 4 is 27.7 Å². The molecule has 0 aliphatic rings. The molecule has 1 N–H and O–H groups in total. The number of aromatic nitrogens is 3. The van der Waals surface area contributed by atoms with Crippen molar-refractivity contribution < 1.29 is 4.79 Å². The van der Waals surface area contributed by atoms with Crippen LogP contribution in [0, 0.1) is 0 Å². The first-order valence-corrected chi connectivity index (χ1v) is 6.72. The van der Waals surface area contributed by atoms with Crippen molar-refractivity contribution in [2.75, 3.05) is 7.05 Å². The van der Waals surface area contributed by atoms with Crippen molar-refractivity contribution in [3.63, 3.8) is 0 Å². The zero-order valence-corrected chi connectivity index (χ0v) is 12.1. The number of carbonyl (C=O) groups excluding carboxylic acids is 1. The van der Waals surface area contributed by atoms with E-state index in [-0.39, 0.29) is 11.5 Å². The fourth-order valence-electron chi connectivity index (χ4n) is 2.72. The Hall–Kier alpha value is -2.63. The first-order valence-electron chi connectivity index (χ1n) is 6.72. The normalized spacial score (nSPS) is 12.7. The molecule has 2 aromatic heterocycles. The minimum atomic E-state index is -0.479. The van der Waals surface area contributed by atoms with Gasteiger partial charge in [0.2, 0.25) is 5.91 Å². The lowest BCUT2D eigenvalue weighted by molar-refractivity contribution is -0.123. The summed E-state index contributed by atoms with van der Waals surface area (Å²) >= 11 is 0. The molecule has 0 unspecified atom stereocenters. The highest BCUT2D eigenvalue weighted by Gasteiger charge is 2.22. The van der Waals surface area contributed by atoms with Crippen molar-refractivity contribution in [1.29, 1.82) is 0 Å². The number of aryl methyl sites for hydroxylation is 1. The van der Waals surface area contributed by atoms with E-state index in [0.717, 1.165) is 16.3 Å². The van der Waals surface area contributed by atoms with E-state index in [2.05, 4.69) is 10.4 Å². The number of rotatable bonds is 2. The summed E-state index contributed by atoms with van der Waals surface area (Å²) < 4.78 is 3.07. The molecule has 108 valence electrons. The highest BCUT2D eigenvalue weighted by molar-refractivity contribution is 6.08. The minimum absolute atomic E-state index is 0.142. The number of para-hydroxylation sites is 1. The average molecular weight is 284 g/mol. The Morgan fingerprint density at radius 2 is 2.00 bits per heavy atom. The lowest BCUT2D eigenvalue weighted by Crippen LogP contribution is -2.30. The third kappa shape index (κ3) is 1.83. The molecule has 21 heavy (non-hydrogen) atoms. The predicted molar refractivity (Wildman–Crippen MR) is 81.3 cm³/mol. The molecule has 1 amide bonds. The molecule has 0 bridgehead atoms. The summed E-state index contributed by atoms with van der Waals surface area (Å²) in [6.45, 7) is 1.78. The van der Waals surface area contributed by atoms with Gasteiger partial charge in [0.1, 0.15) is 11.6 Å². The van der Waals surface area contributed by atoms with Crippen LogP contribution < -0.4 is 10.9 Å². The van der Waals surface area contributed by atoms with E-state index in [1.165, 1.54) is 4.68 Å². The van der Waals surface area contributed by atoms with Crippen molar-refractivity contribution in [3.05, 3.63) is 40.8 Å². The molecule has 0 spiro atoms. The van der Waals surface area contributed by atoms with Gasteiger partial charge < -0.3 is 9.88 Å². The SMILES string of the molecule is CNC(=O)[C@H](C)n1c2ccccc2c2cnn(C)c(=O)c21. The third-order valence-corrected chi connectivity index (χ3v) is 3.82. The van der Waals surface area contributed by atoms with Gasteiger partial charge in [-0.15, -0.1) is 0 Å². The van der Waals surface area contributed by atoms with Gasteiger partial charge in [0.15, 0.2) is 0 Å². The number of carbonyl (C=O) groups is 1. The van der Waals surface area contributed by atoms with Crippen molar-refractivity contribution in [2.45, 2.75) is 13.0 Å². The van der Waals surface area contributed by atoms with Crippen LogP contribution in [0.2, 0.25) is 0 Å². The Morgan fingerprint density at radius 3 is 2.71 bits per heavy atom. The number of hydrogen-bond acceptors (Lipinski definition) is 3. The molecule has 2 heterocycles. The van der Waals surface area contributed by atoms with Crippen LogP contribution in [0.1, 0.15) is 13.0 Å². The summed E-state index contributed by atoms with van der Waals surface area (Å²) in [4.78, 5) is 24.5. The van der Waals surface area contributed by atoms with Gasteiger partial charge in [-0.1, -0.05) is 18.2 Å². The first kappa shape index (κ1) is 13.4. The molecule has 0 aliphatic carbocycles. The molecule has 0 fully saturated rings. The van der Waals surface area contributed by atoms with E-state index in [0.29, 0.717) is 5.52 Å². The highest BCUT2D eigenvalue weighted by atomic mass is 16.2. The van der Waals surface area contributed by atoms with Crippen LogP contribution in [-0.2, 0) is 11.8 Å². The number of benzene rings is 1. The van der Waals surface area contributed by atoms with Gasteiger partial charge in [-0.05, 0) is 13.0 Å². The number of nitrogens with one attached hydrogen (secondary N) is 1. The van der Waals surface area contributed by atoms with Crippen LogP contribution in [0.15, 0.2) is 35.3 Å². The maximum absolute atomic E-state index is 12.5. The Labute approximate surface area is 121 Å². The van der Waals surface area contributed by atoms with E-state index < -0.39 is 6.04 Å². The molecule has 1 atom stereocenters. The fraction of sp³-hybridized carbons (Fsp3) is 0.267. The maximum atomic E-state index is 12.5. The highest BCUT2D eigenvalue weighted by Crippen LogP contribution is 2.29. The zero-order valence-electron chi connectivity index (χ0n) is 12.1. The number of amides is 1. The molecule has 3 aromatic rings. The van der Waals surface area contributed by atoms with Crippen molar-refractivity contribution in [3.8, 4) is 0 Å². The van der Waals surface area contributed by atoms with E-state index >= 15 is 0 Å². The fourth-order valence-corrected chi connectivity index (χ4v) is 2.72. The summed E-state index contributed by atoms with van der Waals surface area (Å²) in [6.07, 6.45) is 1.67. The first-order chi connectivity index (χ1) is 10.1. The van der Waals surface area contributed by atoms with Gasteiger partial charge in [-0.2, -0.15) is 5.10 Å². The smallest absolute Gasteiger partial charge is 0.291 e. The Morgan fingerprint density at radius 1 is 1.29 bits per heavy atom. The third-order valence-electron chi connectivity index (χ3n) is 3.82. The Balaban J connectivity index is 2.52. The second-order valence-corrected chi connectivity index (χ2v) is 5.01. The van der Waals surface area contributed by atoms with E-state index in [4.69, 9.17) is 0 Å². The van der Waals surface area contributed by atoms with E-state index in [9.17, 15) is 9.59 Å². The van der Waals surface area contributed by atoms with Crippen LogP contribution in [0.25, 0.3) is 21.8 Å². The Bertz CT molecular complexity index is 907. The van der Waals surface area contributed by atoms with Crippen LogP contribution in [0.5, 0.6) is 0 Å². The van der Waals surface area contributed by atoms with Crippen LogP contribution in [0.4, 0.5) is 0 Å². The molecule has 6 nitrogen and oxygen atoms in total. The second kappa shape index (κ2) is 4.73. The minimum Gasteiger partial charge on any atom is -0.357 e. The summed E-state index contributed by atoms with van der Waals surface area (Å²) in [7, 11) is 3.20. The van der Waals surface area contributed by atoms with Crippen molar-refractivity contribution in [1.82, 2.24) is 19.7 Å². The monoisotopic (exact) mass is 284 g/mol. The molecule has 3 rings (SSSR count). The lowest BCUT2D eigenvalue weighted by Gasteiger charge is -2.14. The molecule has 0 saturated heterocycles. The van der Waals surface area contributed by atoms with Crippen LogP contribution in [0.3, 0.4) is 0 Å². The number of nitrogens with zero attached hydrogens (tertiary/aromatic N) is 3. The average Bonchev–Trinajstić information content (AvgIpc) is 2.84. The molecule has 0 saturated carbocycles. The maximum Gasteiger partial charge on any atom is 0.291 e. The molecule has 1 aromatic carbocycles. The zero-order chi connectivity index (χ0) is 15.1. The van der Waals surface area contributed by atoms with Gasteiger partial charge in [0.25, 0.3) is 5.56 Å². The van der Waals surface area contributed by atoms with Gasteiger partial charge in [0.05, 0.1) is 11.7 Å². The van der Waals surface area contributed by atoms with Crippen LogP contribution >= 0.6 is 0 Å². The van der Waals surface area contributed by atoms with Crippen LogP contribution in [-0.4, -0.2) is 27.3 Å². The summed E-state index contributed by atoms with van der Waals surface area (Å²) in [5.41, 5.74) is 1.15. The molecular formula is C15H16N4O2. The quantitative estimate of drug-likeness (QED) is 0.768. The van der Waals surface area contributed by atoms with Crippen molar-refractivity contribution in [2.24, 2.45) is 7.05 Å². The van der Waals surface area contributed by atoms with E-state index in [1.54, 1.807) is 31.8 Å². The van der Waals surface area contributed by atoms with Gasteiger partial charge in [-0.25, -0.2) is 4.68 Å². The predicted octanol–water partition coefficient (Wildman–Crippen LogP) is 1.20. The molecular weight excluding hydrogens is 268 g/mol. The lowest BCUT2D eigenvalue weighted by atomic mass is 10.2. The summed E-state index contributed by atoms with van der Waals surface area (Å²) in [5.74, 6) is -0.142. The standard InChI is InChI=1S/C15H16N4O2/c1-9(14(20)16-2)19-12-7-5-4-6-10(12)11-8-17-18(3)15(21)13(11)19/h4-9H,1-3H3,(H,16,20)/t9-/m0/s1. The van der Waals surface area contributed by atoms with Gasteiger partial charge >= 0.3 is 0 Å². The largest absolute Gasteiger partial charge is 0.357 e. The summed E-state index contributed by atoms with van der Waals surface area (Å²) in [5, 5.41) is 8.41. The summed E-state index contributed by atoms with van der Waals surface area (Å²) in [6, 6.07) is 7.17. The molecule has 0 aliphatic heterocycles. The number of likely N-dealkylation sites (N-methyl/N-ethyl adjacent to an activating group) is 1. The molecule has 6 heteroatoms. The van der Waals surface area contributed by atoms with Gasteiger partial charge in [0, 0.05) is 24.9 Å². The molecule has 0 radical (unpaired) electrons. The topological polar surface area (TPSA) is 68.9 Å². The van der Waals surface area contributed by atoms with Gasteiger partial charge in [-0.3, -0.25) is 9.59 Å².